The predicted octanol–water partition coefficient (Wildman–Crippen LogP) is 2.80. The van der Waals surface area contributed by atoms with Gasteiger partial charge in [0, 0.05) is 16.5 Å². The van der Waals surface area contributed by atoms with Crippen LogP contribution in [0.25, 0.3) is 0 Å². The van der Waals surface area contributed by atoms with Gasteiger partial charge in [-0.25, -0.2) is 0 Å². The van der Waals surface area contributed by atoms with Crippen LogP contribution in [0.15, 0.2) is 34.5 Å². The SMILES string of the molecule is COc1ccc(Br)cc1C(O)C1=CCCO1. The number of hydrogen-bond acceptors (Lipinski definition) is 3. The fourth-order valence-electron chi connectivity index (χ4n) is 1.70. The Hall–Kier alpha value is -1.00. The van der Waals surface area contributed by atoms with Crippen LogP contribution in [0.2, 0.25) is 0 Å². The highest BCUT2D eigenvalue weighted by Gasteiger charge is 2.21. The Labute approximate surface area is 103 Å². The molecule has 0 spiro atoms. The minimum atomic E-state index is -0.755. The number of aliphatic hydroxyl groups excluding tert-OH is 1. The van der Waals surface area contributed by atoms with E-state index in [-0.39, 0.29) is 0 Å². The van der Waals surface area contributed by atoms with Crippen LogP contribution in [0.1, 0.15) is 18.1 Å². The van der Waals surface area contributed by atoms with Gasteiger partial charge < -0.3 is 14.6 Å². The van der Waals surface area contributed by atoms with Crippen LogP contribution in [0.3, 0.4) is 0 Å². The second kappa shape index (κ2) is 4.89. The number of aliphatic hydroxyl groups is 1. The largest absolute Gasteiger partial charge is 0.496 e. The second-order valence-corrected chi connectivity index (χ2v) is 4.45. The Kier molecular flexibility index (Phi) is 3.51. The van der Waals surface area contributed by atoms with Crippen molar-refractivity contribution >= 4 is 15.9 Å². The summed E-state index contributed by atoms with van der Waals surface area (Å²) in [6.45, 7) is 0.642. The molecular weight excluding hydrogens is 272 g/mol. The van der Waals surface area contributed by atoms with Crippen LogP contribution >= 0.6 is 15.9 Å². The lowest BCUT2D eigenvalue weighted by Crippen LogP contribution is -2.04. The first kappa shape index (κ1) is 11.5. The molecule has 0 saturated heterocycles. The van der Waals surface area contributed by atoms with E-state index >= 15 is 0 Å². The van der Waals surface area contributed by atoms with Crippen molar-refractivity contribution in [1.29, 1.82) is 0 Å². The summed E-state index contributed by atoms with van der Waals surface area (Å²) < 4.78 is 11.5. The Morgan fingerprint density at radius 2 is 2.31 bits per heavy atom. The van der Waals surface area contributed by atoms with Gasteiger partial charge in [0.25, 0.3) is 0 Å². The number of methoxy groups -OCH3 is 1. The molecule has 1 aromatic rings. The van der Waals surface area contributed by atoms with Crippen LogP contribution < -0.4 is 4.74 Å². The van der Waals surface area contributed by atoms with E-state index in [2.05, 4.69) is 15.9 Å². The van der Waals surface area contributed by atoms with Gasteiger partial charge in [-0.3, -0.25) is 0 Å². The molecule has 1 aromatic carbocycles. The van der Waals surface area contributed by atoms with Gasteiger partial charge in [-0.15, -0.1) is 0 Å². The summed E-state index contributed by atoms with van der Waals surface area (Å²) in [5, 5.41) is 10.2. The first-order valence-electron chi connectivity index (χ1n) is 5.06. The highest BCUT2D eigenvalue weighted by Crippen LogP contribution is 2.34. The molecule has 0 fully saturated rings. The average molecular weight is 285 g/mol. The molecule has 0 aliphatic carbocycles. The molecule has 1 unspecified atom stereocenters. The molecule has 86 valence electrons. The summed E-state index contributed by atoms with van der Waals surface area (Å²) in [5.74, 6) is 1.27. The third-order valence-electron chi connectivity index (χ3n) is 2.49. The molecule has 1 aliphatic heterocycles. The zero-order valence-electron chi connectivity index (χ0n) is 8.94. The van der Waals surface area contributed by atoms with E-state index in [1.807, 2.05) is 24.3 Å². The molecule has 3 nitrogen and oxygen atoms in total. The number of benzene rings is 1. The van der Waals surface area contributed by atoms with E-state index in [9.17, 15) is 5.11 Å². The van der Waals surface area contributed by atoms with Crippen molar-refractivity contribution < 1.29 is 14.6 Å². The van der Waals surface area contributed by atoms with Gasteiger partial charge in [-0.2, -0.15) is 0 Å². The van der Waals surface area contributed by atoms with E-state index in [0.717, 1.165) is 10.9 Å². The minimum absolute atomic E-state index is 0.608. The molecule has 0 amide bonds. The number of ether oxygens (including phenoxy) is 2. The van der Waals surface area contributed by atoms with Gasteiger partial charge in [0.1, 0.15) is 17.6 Å². The van der Waals surface area contributed by atoms with Crippen molar-refractivity contribution in [1.82, 2.24) is 0 Å². The summed E-state index contributed by atoms with van der Waals surface area (Å²) in [6, 6.07) is 5.53. The monoisotopic (exact) mass is 284 g/mol. The molecule has 0 radical (unpaired) electrons. The molecule has 0 aromatic heterocycles. The standard InChI is InChI=1S/C12H13BrO3/c1-15-10-5-4-8(13)7-9(10)12(14)11-3-2-6-16-11/h3-5,7,12,14H,2,6H2,1H3. The lowest BCUT2D eigenvalue weighted by Gasteiger charge is -2.16. The molecule has 0 saturated carbocycles. The third kappa shape index (κ3) is 2.23. The summed E-state index contributed by atoms with van der Waals surface area (Å²) in [7, 11) is 1.59. The zero-order chi connectivity index (χ0) is 11.5. The average Bonchev–Trinajstić information content (AvgIpc) is 2.81. The molecule has 2 rings (SSSR count). The third-order valence-corrected chi connectivity index (χ3v) is 2.98. The summed E-state index contributed by atoms with van der Waals surface area (Å²) >= 11 is 3.38. The maximum Gasteiger partial charge on any atom is 0.139 e. The molecule has 1 heterocycles. The number of halogens is 1. The maximum absolute atomic E-state index is 10.2. The Morgan fingerprint density at radius 1 is 1.50 bits per heavy atom. The van der Waals surface area contributed by atoms with Crippen LogP contribution in [0.4, 0.5) is 0 Å². The second-order valence-electron chi connectivity index (χ2n) is 3.53. The van der Waals surface area contributed by atoms with E-state index in [1.165, 1.54) is 0 Å². The molecule has 1 atom stereocenters. The zero-order valence-corrected chi connectivity index (χ0v) is 10.5. The van der Waals surface area contributed by atoms with E-state index < -0.39 is 6.10 Å². The highest BCUT2D eigenvalue weighted by atomic mass is 79.9. The number of hydrogen-bond donors (Lipinski definition) is 1. The van der Waals surface area contributed by atoms with Crippen LogP contribution in [-0.4, -0.2) is 18.8 Å². The van der Waals surface area contributed by atoms with Crippen molar-refractivity contribution in [2.24, 2.45) is 0 Å². The number of rotatable bonds is 3. The van der Waals surface area contributed by atoms with Gasteiger partial charge >= 0.3 is 0 Å². The topological polar surface area (TPSA) is 38.7 Å². The molecule has 4 heteroatoms. The van der Waals surface area contributed by atoms with Gasteiger partial charge in [0.05, 0.1) is 13.7 Å². The quantitative estimate of drug-likeness (QED) is 0.928. The Morgan fingerprint density at radius 3 is 2.94 bits per heavy atom. The molecule has 16 heavy (non-hydrogen) atoms. The molecular formula is C12H13BrO3. The minimum Gasteiger partial charge on any atom is -0.496 e. The summed E-state index contributed by atoms with van der Waals surface area (Å²) in [4.78, 5) is 0. The van der Waals surface area contributed by atoms with Crippen molar-refractivity contribution in [3.05, 3.63) is 40.1 Å². The van der Waals surface area contributed by atoms with Crippen molar-refractivity contribution in [3.8, 4) is 5.75 Å². The van der Waals surface area contributed by atoms with Gasteiger partial charge in [-0.1, -0.05) is 15.9 Å². The van der Waals surface area contributed by atoms with Crippen LogP contribution in [-0.2, 0) is 4.74 Å². The predicted molar refractivity (Wildman–Crippen MR) is 64.3 cm³/mol. The lowest BCUT2D eigenvalue weighted by molar-refractivity contribution is 0.117. The summed E-state index contributed by atoms with van der Waals surface area (Å²) in [6.07, 6.45) is 2.00. The molecule has 0 bridgehead atoms. The van der Waals surface area contributed by atoms with E-state index in [4.69, 9.17) is 9.47 Å². The van der Waals surface area contributed by atoms with Crippen LogP contribution in [0.5, 0.6) is 5.75 Å². The van der Waals surface area contributed by atoms with Crippen molar-refractivity contribution in [3.63, 3.8) is 0 Å². The lowest BCUT2D eigenvalue weighted by atomic mass is 10.1. The van der Waals surface area contributed by atoms with Gasteiger partial charge in [-0.05, 0) is 24.3 Å². The Bertz CT molecular complexity index is 415. The van der Waals surface area contributed by atoms with E-state index in [1.54, 1.807) is 7.11 Å². The summed E-state index contributed by atoms with van der Waals surface area (Å²) in [5.41, 5.74) is 0.713. The first-order valence-corrected chi connectivity index (χ1v) is 5.86. The van der Waals surface area contributed by atoms with Crippen molar-refractivity contribution in [2.45, 2.75) is 12.5 Å². The van der Waals surface area contributed by atoms with Gasteiger partial charge in [0.2, 0.25) is 0 Å². The molecule has 1 aliphatic rings. The maximum atomic E-state index is 10.2. The van der Waals surface area contributed by atoms with Crippen molar-refractivity contribution in [2.75, 3.05) is 13.7 Å². The first-order chi connectivity index (χ1) is 7.72. The van der Waals surface area contributed by atoms with E-state index in [0.29, 0.717) is 23.7 Å². The Balaban J connectivity index is 2.34. The normalized spacial score (nSPS) is 16.6. The highest BCUT2D eigenvalue weighted by molar-refractivity contribution is 9.10. The fourth-order valence-corrected chi connectivity index (χ4v) is 2.08. The fraction of sp³-hybridized carbons (Fsp3) is 0.333. The van der Waals surface area contributed by atoms with Crippen LogP contribution in [0, 0.1) is 0 Å². The van der Waals surface area contributed by atoms with Gasteiger partial charge in [0.15, 0.2) is 0 Å². The molecule has 1 N–H and O–H groups in total. The smallest absolute Gasteiger partial charge is 0.139 e.